The summed E-state index contributed by atoms with van der Waals surface area (Å²) in [5, 5.41) is 3.16. The van der Waals surface area contributed by atoms with Crippen LogP contribution >= 0.6 is 0 Å². The highest BCUT2D eigenvalue weighted by molar-refractivity contribution is 5.81. The van der Waals surface area contributed by atoms with E-state index in [1.807, 2.05) is 29.8 Å². The van der Waals surface area contributed by atoms with E-state index in [1.54, 1.807) is 12.5 Å². The van der Waals surface area contributed by atoms with E-state index in [2.05, 4.69) is 43.3 Å². The molecule has 1 aromatic carbocycles. The van der Waals surface area contributed by atoms with Gasteiger partial charge in [-0.05, 0) is 30.8 Å². The molecule has 8 heteroatoms. The van der Waals surface area contributed by atoms with Gasteiger partial charge in [0.05, 0.1) is 35.4 Å². The van der Waals surface area contributed by atoms with Gasteiger partial charge in [-0.25, -0.2) is 19.3 Å². The summed E-state index contributed by atoms with van der Waals surface area (Å²) in [6, 6.07) is 7.65. The zero-order valence-corrected chi connectivity index (χ0v) is 16.2. The number of nitrogens with one attached hydrogen (secondary N) is 1. The largest absolute Gasteiger partial charge is 0.334 e. The van der Waals surface area contributed by atoms with E-state index >= 15 is 0 Å². The van der Waals surface area contributed by atoms with Crippen molar-refractivity contribution in [3.63, 3.8) is 0 Å². The third kappa shape index (κ3) is 3.31. The predicted molar refractivity (Wildman–Crippen MR) is 109 cm³/mol. The first kappa shape index (κ1) is 17.7. The molecule has 0 saturated carbocycles. The monoisotopic (exact) mass is 389 g/mol. The summed E-state index contributed by atoms with van der Waals surface area (Å²) in [4.78, 5) is 19.7. The zero-order valence-electron chi connectivity index (χ0n) is 16.2. The Labute approximate surface area is 167 Å². The number of fused-ring (bicyclic) bond motifs is 2. The number of halogens is 1. The smallest absolute Gasteiger partial charge is 0.227 e. The van der Waals surface area contributed by atoms with Crippen LogP contribution in [-0.2, 0) is 20.0 Å². The van der Waals surface area contributed by atoms with E-state index in [-0.39, 0.29) is 5.69 Å². The second-order valence-electron chi connectivity index (χ2n) is 7.39. The van der Waals surface area contributed by atoms with Crippen molar-refractivity contribution in [3.05, 3.63) is 60.1 Å². The van der Waals surface area contributed by atoms with Crippen molar-refractivity contribution in [1.29, 1.82) is 0 Å². The summed E-state index contributed by atoms with van der Waals surface area (Å²) in [6.07, 6.45) is 5.64. The molecule has 29 heavy (non-hydrogen) atoms. The van der Waals surface area contributed by atoms with Crippen molar-refractivity contribution >= 4 is 22.7 Å². The summed E-state index contributed by atoms with van der Waals surface area (Å²) >= 11 is 0. The lowest BCUT2D eigenvalue weighted by molar-refractivity contribution is 0.310. The fraction of sp³-hybridized carbons (Fsp3) is 0.238. The highest BCUT2D eigenvalue weighted by atomic mass is 19.1. The standard InChI is InChI=1S/C21H20FN7/c1-28-6-5-17-14(11-28)7-15(9-23-17)26-21-24-10-16(22)20(27-21)13-3-4-19-18(8-13)25-12-29(19)2/h3-4,7-10,12H,5-6,11H2,1-2H3,(H,24,26,27). The van der Waals surface area contributed by atoms with E-state index in [0.717, 1.165) is 41.9 Å². The second-order valence-corrected chi connectivity index (χ2v) is 7.39. The maximum Gasteiger partial charge on any atom is 0.227 e. The Morgan fingerprint density at radius 1 is 1.07 bits per heavy atom. The number of hydrogen-bond acceptors (Lipinski definition) is 6. The molecule has 0 fully saturated rings. The average molecular weight is 389 g/mol. The van der Waals surface area contributed by atoms with Crippen LogP contribution in [0, 0.1) is 5.82 Å². The molecule has 1 aliphatic rings. The van der Waals surface area contributed by atoms with Crippen LogP contribution in [0.5, 0.6) is 0 Å². The molecule has 0 spiro atoms. The number of likely N-dealkylation sites (N-methyl/N-ethyl adjacent to an activating group) is 1. The van der Waals surface area contributed by atoms with E-state index < -0.39 is 5.82 Å². The van der Waals surface area contributed by atoms with Gasteiger partial charge in [0, 0.05) is 37.8 Å². The number of aromatic nitrogens is 5. The Morgan fingerprint density at radius 2 is 1.97 bits per heavy atom. The zero-order chi connectivity index (χ0) is 20.0. The van der Waals surface area contributed by atoms with Crippen molar-refractivity contribution in [2.45, 2.75) is 13.0 Å². The van der Waals surface area contributed by atoms with Crippen LogP contribution in [0.1, 0.15) is 11.3 Å². The second kappa shape index (κ2) is 6.89. The maximum atomic E-state index is 14.5. The number of nitrogens with zero attached hydrogens (tertiary/aromatic N) is 6. The van der Waals surface area contributed by atoms with Crippen LogP contribution < -0.4 is 5.32 Å². The Kier molecular flexibility index (Phi) is 4.21. The molecule has 0 saturated heterocycles. The fourth-order valence-corrected chi connectivity index (χ4v) is 3.68. The van der Waals surface area contributed by atoms with E-state index in [4.69, 9.17) is 0 Å². The topological polar surface area (TPSA) is 71.8 Å². The average Bonchev–Trinajstić information content (AvgIpc) is 3.09. The van der Waals surface area contributed by atoms with Gasteiger partial charge >= 0.3 is 0 Å². The number of hydrogen-bond donors (Lipinski definition) is 1. The van der Waals surface area contributed by atoms with Crippen LogP contribution in [0.2, 0.25) is 0 Å². The molecule has 0 bridgehead atoms. The summed E-state index contributed by atoms with van der Waals surface area (Å²) in [5.41, 5.74) is 5.76. The SMILES string of the molecule is CN1CCc2ncc(Nc3ncc(F)c(-c4ccc5c(c4)ncn5C)n3)cc2C1. The molecule has 5 rings (SSSR count). The van der Waals surface area contributed by atoms with Crippen molar-refractivity contribution in [3.8, 4) is 11.3 Å². The molecule has 3 aromatic heterocycles. The summed E-state index contributed by atoms with van der Waals surface area (Å²) in [5.74, 6) is -0.149. The lowest BCUT2D eigenvalue weighted by atomic mass is 10.1. The van der Waals surface area contributed by atoms with Gasteiger partial charge in [0.15, 0.2) is 5.82 Å². The number of rotatable bonds is 3. The summed E-state index contributed by atoms with van der Waals surface area (Å²) in [7, 11) is 4.02. The molecule has 0 radical (unpaired) electrons. The molecule has 0 unspecified atom stereocenters. The van der Waals surface area contributed by atoms with E-state index in [9.17, 15) is 4.39 Å². The molecule has 4 heterocycles. The minimum atomic E-state index is -0.476. The number of pyridine rings is 1. The first-order valence-corrected chi connectivity index (χ1v) is 9.44. The number of imidazole rings is 1. The van der Waals surface area contributed by atoms with Crippen LogP contribution in [0.25, 0.3) is 22.3 Å². The Bertz CT molecular complexity index is 1220. The summed E-state index contributed by atoms with van der Waals surface area (Å²) in [6.45, 7) is 1.87. The number of anilines is 2. The Morgan fingerprint density at radius 3 is 2.86 bits per heavy atom. The highest BCUT2D eigenvalue weighted by Crippen LogP contribution is 2.26. The normalized spacial score (nSPS) is 14.2. The first-order chi connectivity index (χ1) is 14.1. The van der Waals surface area contributed by atoms with Gasteiger partial charge in [0.2, 0.25) is 5.95 Å². The third-order valence-corrected chi connectivity index (χ3v) is 5.23. The Hall–Kier alpha value is -3.39. The van der Waals surface area contributed by atoms with Gasteiger partial charge in [-0.3, -0.25) is 4.98 Å². The van der Waals surface area contributed by atoms with Crippen LogP contribution in [0.4, 0.5) is 16.0 Å². The van der Waals surface area contributed by atoms with Gasteiger partial charge in [-0.15, -0.1) is 0 Å². The van der Waals surface area contributed by atoms with E-state index in [0.29, 0.717) is 11.5 Å². The third-order valence-electron chi connectivity index (χ3n) is 5.23. The van der Waals surface area contributed by atoms with Gasteiger partial charge in [-0.1, -0.05) is 6.07 Å². The lowest BCUT2D eigenvalue weighted by Gasteiger charge is -2.24. The molecule has 7 nitrogen and oxygen atoms in total. The molecule has 1 N–H and O–H groups in total. The van der Waals surface area contributed by atoms with Crippen LogP contribution in [0.15, 0.2) is 43.0 Å². The molecule has 0 aliphatic carbocycles. The first-order valence-electron chi connectivity index (χ1n) is 9.44. The molecule has 1 aliphatic heterocycles. The summed E-state index contributed by atoms with van der Waals surface area (Å²) < 4.78 is 16.4. The molecular weight excluding hydrogens is 369 g/mol. The lowest BCUT2D eigenvalue weighted by Crippen LogP contribution is -2.27. The number of aryl methyl sites for hydroxylation is 1. The minimum Gasteiger partial charge on any atom is -0.334 e. The van der Waals surface area contributed by atoms with Crippen molar-refractivity contribution in [1.82, 2.24) is 29.4 Å². The molecule has 146 valence electrons. The minimum absolute atomic E-state index is 0.237. The van der Waals surface area contributed by atoms with Crippen molar-refractivity contribution in [2.24, 2.45) is 7.05 Å². The fourth-order valence-electron chi connectivity index (χ4n) is 3.68. The van der Waals surface area contributed by atoms with E-state index in [1.165, 1.54) is 11.8 Å². The van der Waals surface area contributed by atoms with Gasteiger partial charge in [0.25, 0.3) is 0 Å². The van der Waals surface area contributed by atoms with Crippen LogP contribution in [0.3, 0.4) is 0 Å². The molecular formula is C21H20FN7. The molecule has 0 amide bonds. The van der Waals surface area contributed by atoms with Crippen molar-refractivity contribution < 1.29 is 4.39 Å². The van der Waals surface area contributed by atoms with Crippen LogP contribution in [-0.4, -0.2) is 43.0 Å². The highest BCUT2D eigenvalue weighted by Gasteiger charge is 2.16. The maximum absolute atomic E-state index is 14.5. The quantitative estimate of drug-likeness (QED) is 0.580. The predicted octanol–water partition coefficient (Wildman–Crippen LogP) is 3.30. The number of benzene rings is 1. The Balaban J connectivity index is 1.47. The molecule has 0 atom stereocenters. The van der Waals surface area contributed by atoms with Gasteiger partial charge < -0.3 is 14.8 Å². The van der Waals surface area contributed by atoms with Gasteiger partial charge in [-0.2, -0.15) is 0 Å². The van der Waals surface area contributed by atoms with Crippen molar-refractivity contribution in [2.75, 3.05) is 18.9 Å². The molecule has 4 aromatic rings. The van der Waals surface area contributed by atoms with Gasteiger partial charge in [0.1, 0.15) is 5.69 Å².